The topological polar surface area (TPSA) is 59.8 Å². The first-order chi connectivity index (χ1) is 9.56. The van der Waals surface area contributed by atoms with E-state index >= 15 is 0 Å². The molecule has 0 atom stereocenters. The van der Waals surface area contributed by atoms with Gasteiger partial charge in [-0.2, -0.15) is 0 Å². The number of anilines is 1. The number of hydrogen-bond donors (Lipinski definition) is 0. The zero-order valence-corrected chi connectivity index (χ0v) is 12.4. The first-order valence-electron chi connectivity index (χ1n) is 6.30. The number of aryl methyl sites for hydroxylation is 1. The van der Waals surface area contributed by atoms with Crippen LogP contribution in [0, 0.1) is 0 Å². The minimum absolute atomic E-state index is 0.0542. The molecule has 0 saturated carbocycles. The first kappa shape index (κ1) is 14.7. The second-order valence-electron chi connectivity index (χ2n) is 4.52. The number of carbonyl (C=O) groups is 2. The standard InChI is InChI=1S/C14H17NO4S/c1-9(14(17)18-2)7-11(16)15-6-4-5-10-8-12(20-3)19-13(10)15/h8H,1,4-7H2,2-3H3. The second kappa shape index (κ2) is 6.17. The Labute approximate surface area is 121 Å². The van der Waals surface area contributed by atoms with Crippen LogP contribution in [-0.4, -0.2) is 31.8 Å². The molecule has 1 aromatic heterocycles. The number of nitrogens with zero attached hydrogens (tertiary/aromatic N) is 1. The molecule has 2 rings (SSSR count). The van der Waals surface area contributed by atoms with Crippen molar-refractivity contribution in [3.63, 3.8) is 0 Å². The van der Waals surface area contributed by atoms with Gasteiger partial charge in [-0.25, -0.2) is 4.79 Å². The van der Waals surface area contributed by atoms with Crippen LogP contribution in [0.25, 0.3) is 0 Å². The van der Waals surface area contributed by atoms with E-state index in [0.717, 1.165) is 23.5 Å². The highest BCUT2D eigenvalue weighted by atomic mass is 32.2. The van der Waals surface area contributed by atoms with Gasteiger partial charge in [0, 0.05) is 17.7 Å². The van der Waals surface area contributed by atoms with Crippen LogP contribution < -0.4 is 4.90 Å². The van der Waals surface area contributed by atoms with Gasteiger partial charge in [-0.15, -0.1) is 0 Å². The number of esters is 1. The summed E-state index contributed by atoms with van der Waals surface area (Å²) >= 11 is 1.50. The van der Waals surface area contributed by atoms with Gasteiger partial charge in [0.1, 0.15) is 0 Å². The van der Waals surface area contributed by atoms with E-state index in [1.54, 1.807) is 4.90 Å². The molecule has 0 radical (unpaired) electrons. The van der Waals surface area contributed by atoms with Crippen molar-refractivity contribution in [2.24, 2.45) is 0 Å². The summed E-state index contributed by atoms with van der Waals surface area (Å²) in [5.41, 5.74) is 1.19. The number of furan rings is 1. The molecule has 0 spiro atoms. The monoisotopic (exact) mass is 295 g/mol. The fourth-order valence-corrected chi connectivity index (χ4v) is 2.59. The third kappa shape index (κ3) is 2.90. The number of methoxy groups -OCH3 is 1. The highest BCUT2D eigenvalue weighted by Crippen LogP contribution is 2.34. The van der Waals surface area contributed by atoms with E-state index in [4.69, 9.17) is 4.42 Å². The molecule has 108 valence electrons. The number of rotatable bonds is 4. The second-order valence-corrected chi connectivity index (χ2v) is 5.33. The average Bonchev–Trinajstić information content (AvgIpc) is 2.88. The van der Waals surface area contributed by atoms with Gasteiger partial charge in [-0.05, 0) is 25.2 Å². The lowest BCUT2D eigenvalue weighted by atomic mass is 10.1. The smallest absolute Gasteiger partial charge is 0.333 e. The fourth-order valence-electron chi connectivity index (χ4n) is 2.16. The predicted octanol–water partition coefficient (Wildman–Crippen LogP) is 2.40. The molecule has 0 fully saturated rings. The van der Waals surface area contributed by atoms with Crippen molar-refractivity contribution in [3.8, 4) is 0 Å². The zero-order chi connectivity index (χ0) is 14.7. The molecule has 0 saturated heterocycles. The van der Waals surface area contributed by atoms with Gasteiger partial charge in [0.2, 0.25) is 11.8 Å². The molecule has 0 aliphatic carbocycles. The van der Waals surface area contributed by atoms with Crippen LogP contribution >= 0.6 is 11.8 Å². The van der Waals surface area contributed by atoms with Gasteiger partial charge in [-0.1, -0.05) is 18.3 Å². The number of amides is 1. The summed E-state index contributed by atoms with van der Waals surface area (Å²) in [5.74, 6) is -0.147. The largest absolute Gasteiger partial charge is 0.466 e. The van der Waals surface area contributed by atoms with E-state index in [1.165, 1.54) is 18.9 Å². The number of fused-ring (bicyclic) bond motifs is 1. The Kier molecular flexibility index (Phi) is 4.54. The lowest BCUT2D eigenvalue weighted by Gasteiger charge is -2.25. The molecular formula is C14H17NO4S. The van der Waals surface area contributed by atoms with E-state index in [-0.39, 0.29) is 17.9 Å². The molecule has 5 nitrogen and oxygen atoms in total. The summed E-state index contributed by atoms with van der Waals surface area (Å²) in [7, 11) is 1.27. The highest BCUT2D eigenvalue weighted by molar-refractivity contribution is 7.98. The number of carbonyl (C=O) groups excluding carboxylic acids is 2. The van der Waals surface area contributed by atoms with Crippen LogP contribution in [0.1, 0.15) is 18.4 Å². The van der Waals surface area contributed by atoms with E-state index in [9.17, 15) is 9.59 Å². The normalized spacial score (nSPS) is 13.8. The maximum Gasteiger partial charge on any atom is 0.333 e. The van der Waals surface area contributed by atoms with Crippen molar-refractivity contribution in [1.82, 2.24) is 0 Å². The molecule has 6 heteroatoms. The van der Waals surface area contributed by atoms with Gasteiger partial charge >= 0.3 is 5.97 Å². The molecular weight excluding hydrogens is 278 g/mol. The number of thioether (sulfide) groups is 1. The molecule has 0 aromatic carbocycles. The Morgan fingerprint density at radius 3 is 2.95 bits per heavy atom. The van der Waals surface area contributed by atoms with Gasteiger partial charge in [-0.3, -0.25) is 9.69 Å². The van der Waals surface area contributed by atoms with E-state index in [0.29, 0.717) is 12.4 Å². The summed E-state index contributed by atoms with van der Waals surface area (Å²) in [6.07, 6.45) is 3.66. The first-order valence-corrected chi connectivity index (χ1v) is 7.52. The lowest BCUT2D eigenvalue weighted by molar-refractivity contribution is -0.137. The maximum atomic E-state index is 12.3. The Hall–Kier alpha value is -1.69. The van der Waals surface area contributed by atoms with Crippen molar-refractivity contribution in [2.45, 2.75) is 24.4 Å². The quantitative estimate of drug-likeness (QED) is 0.485. The Balaban J connectivity index is 2.14. The molecule has 1 aliphatic rings. The molecule has 20 heavy (non-hydrogen) atoms. The summed E-state index contributed by atoms with van der Waals surface area (Å²) in [6, 6.07) is 1.97. The maximum absolute atomic E-state index is 12.3. The van der Waals surface area contributed by atoms with E-state index in [1.807, 2.05) is 12.3 Å². The number of ether oxygens (including phenoxy) is 1. The van der Waals surface area contributed by atoms with Crippen LogP contribution in [0.15, 0.2) is 27.7 Å². The third-order valence-corrected chi connectivity index (χ3v) is 3.78. The van der Waals surface area contributed by atoms with E-state index in [2.05, 4.69) is 11.3 Å². The lowest BCUT2D eigenvalue weighted by Crippen LogP contribution is -2.35. The van der Waals surface area contributed by atoms with Crippen LogP contribution in [0.5, 0.6) is 0 Å². The van der Waals surface area contributed by atoms with Gasteiger partial charge < -0.3 is 9.15 Å². The third-order valence-electron chi connectivity index (χ3n) is 3.18. The molecule has 0 bridgehead atoms. The summed E-state index contributed by atoms with van der Waals surface area (Å²) in [6.45, 7) is 4.18. The molecule has 1 amide bonds. The van der Waals surface area contributed by atoms with Gasteiger partial charge in [0.05, 0.1) is 13.5 Å². The highest BCUT2D eigenvalue weighted by Gasteiger charge is 2.28. The zero-order valence-electron chi connectivity index (χ0n) is 11.6. The van der Waals surface area contributed by atoms with Crippen LogP contribution in [0.4, 0.5) is 5.88 Å². The average molecular weight is 295 g/mol. The van der Waals surface area contributed by atoms with Gasteiger partial charge in [0.15, 0.2) is 5.09 Å². The molecule has 0 unspecified atom stereocenters. The predicted molar refractivity (Wildman–Crippen MR) is 76.9 cm³/mol. The van der Waals surface area contributed by atoms with Crippen molar-refractivity contribution in [3.05, 3.63) is 23.8 Å². The summed E-state index contributed by atoms with van der Waals surface area (Å²) in [4.78, 5) is 25.2. The molecule has 0 N–H and O–H groups in total. The molecule has 2 heterocycles. The van der Waals surface area contributed by atoms with Crippen molar-refractivity contribution < 1.29 is 18.7 Å². The summed E-state index contributed by atoms with van der Waals surface area (Å²) in [5, 5.41) is 0.793. The number of hydrogen-bond acceptors (Lipinski definition) is 5. The fraction of sp³-hybridized carbons (Fsp3) is 0.429. The van der Waals surface area contributed by atoms with Crippen LogP contribution in [0.3, 0.4) is 0 Å². The van der Waals surface area contributed by atoms with Crippen molar-refractivity contribution >= 4 is 29.5 Å². The van der Waals surface area contributed by atoms with E-state index < -0.39 is 5.97 Å². The van der Waals surface area contributed by atoms with Crippen LogP contribution in [0.2, 0.25) is 0 Å². The minimum atomic E-state index is -0.556. The summed E-state index contributed by atoms with van der Waals surface area (Å²) < 4.78 is 10.2. The van der Waals surface area contributed by atoms with Crippen molar-refractivity contribution in [2.75, 3.05) is 24.8 Å². The van der Waals surface area contributed by atoms with Crippen molar-refractivity contribution in [1.29, 1.82) is 0 Å². The SMILES string of the molecule is C=C(CC(=O)N1CCCc2cc(SC)oc21)C(=O)OC. The van der Waals surface area contributed by atoms with Gasteiger partial charge in [0.25, 0.3) is 0 Å². The molecule has 1 aromatic rings. The molecule has 1 aliphatic heterocycles. The minimum Gasteiger partial charge on any atom is -0.466 e. The Morgan fingerprint density at radius 2 is 2.30 bits per heavy atom. The Bertz CT molecular complexity index is 549. The Morgan fingerprint density at radius 1 is 1.55 bits per heavy atom. The van der Waals surface area contributed by atoms with Crippen LogP contribution in [-0.2, 0) is 20.7 Å².